The molecule has 0 N–H and O–H groups in total. The van der Waals surface area contributed by atoms with Crippen LogP contribution in [0.1, 0.15) is 30.9 Å². The minimum absolute atomic E-state index is 0.00681. The van der Waals surface area contributed by atoms with Gasteiger partial charge in [0.25, 0.3) is 0 Å². The highest BCUT2D eigenvalue weighted by molar-refractivity contribution is 5.99. The Morgan fingerprint density at radius 1 is 0.786 bits per heavy atom. The third kappa shape index (κ3) is 5.01. The number of rotatable bonds is 7. The molecule has 3 aromatic rings. The van der Waals surface area contributed by atoms with Crippen LogP contribution in [0.5, 0.6) is 0 Å². The normalized spacial score (nSPS) is 10.5. The van der Waals surface area contributed by atoms with Crippen molar-refractivity contribution in [1.29, 1.82) is 0 Å². The summed E-state index contributed by atoms with van der Waals surface area (Å²) in [7, 11) is 0. The summed E-state index contributed by atoms with van der Waals surface area (Å²) < 4.78 is 0. The van der Waals surface area contributed by atoms with Gasteiger partial charge in [0.05, 0.1) is 11.4 Å². The summed E-state index contributed by atoms with van der Waals surface area (Å²) in [5.41, 5.74) is 4.09. The summed E-state index contributed by atoms with van der Waals surface area (Å²) in [6.07, 6.45) is 2.03. The molecule has 3 aromatic carbocycles. The number of para-hydroxylation sites is 1. The van der Waals surface area contributed by atoms with Crippen LogP contribution in [0.2, 0.25) is 0 Å². The highest BCUT2D eigenvalue weighted by Gasteiger charge is 2.24. The van der Waals surface area contributed by atoms with Crippen molar-refractivity contribution in [3.63, 3.8) is 0 Å². The van der Waals surface area contributed by atoms with Crippen LogP contribution < -0.4 is 4.90 Å². The molecule has 0 spiro atoms. The second-order valence-electron chi connectivity index (χ2n) is 7.05. The first-order valence-electron chi connectivity index (χ1n) is 9.93. The van der Waals surface area contributed by atoms with Crippen LogP contribution in [-0.2, 0) is 6.54 Å². The molecule has 0 aliphatic rings. The Hall–Kier alpha value is -3.07. The van der Waals surface area contributed by atoms with Gasteiger partial charge < -0.3 is 4.90 Å². The van der Waals surface area contributed by atoms with E-state index in [1.807, 2.05) is 82.6 Å². The highest BCUT2D eigenvalue weighted by Crippen LogP contribution is 2.27. The van der Waals surface area contributed by atoms with Crippen LogP contribution in [0.3, 0.4) is 0 Å². The Balaban J connectivity index is 1.95. The maximum Gasteiger partial charge on any atom is 0.329 e. The fourth-order valence-corrected chi connectivity index (χ4v) is 3.18. The van der Waals surface area contributed by atoms with Gasteiger partial charge in [0.15, 0.2) is 0 Å². The summed E-state index contributed by atoms with van der Waals surface area (Å²) in [6.45, 7) is 5.55. The molecule has 0 bridgehead atoms. The minimum atomic E-state index is 0.00681. The van der Waals surface area contributed by atoms with Gasteiger partial charge in [-0.3, -0.25) is 4.90 Å². The standard InChI is InChI=1S/C25H28N2O/c1-3-4-19-26(20-22-11-7-5-8-12-22)25(28)27(23-13-9-6-10-14-23)24-17-15-21(2)16-18-24/h5-18H,3-4,19-20H2,1-2H3. The second-order valence-corrected chi connectivity index (χ2v) is 7.05. The highest BCUT2D eigenvalue weighted by atomic mass is 16.2. The fourth-order valence-electron chi connectivity index (χ4n) is 3.18. The number of unbranched alkanes of at least 4 members (excludes halogenated alkanes) is 1. The second kappa shape index (κ2) is 9.75. The molecule has 0 radical (unpaired) electrons. The molecule has 0 fully saturated rings. The van der Waals surface area contributed by atoms with Crippen LogP contribution in [0.25, 0.3) is 0 Å². The third-order valence-corrected chi connectivity index (χ3v) is 4.77. The molecule has 144 valence electrons. The predicted molar refractivity (Wildman–Crippen MR) is 117 cm³/mol. The zero-order valence-electron chi connectivity index (χ0n) is 16.7. The lowest BCUT2D eigenvalue weighted by Gasteiger charge is -2.31. The van der Waals surface area contributed by atoms with Gasteiger partial charge in [-0.25, -0.2) is 4.79 Å². The number of hydrogen-bond donors (Lipinski definition) is 0. The largest absolute Gasteiger partial charge is 0.329 e. The first kappa shape index (κ1) is 19.7. The van der Waals surface area contributed by atoms with Gasteiger partial charge >= 0.3 is 6.03 Å². The van der Waals surface area contributed by atoms with E-state index in [0.29, 0.717) is 6.54 Å². The van der Waals surface area contributed by atoms with Crippen LogP contribution in [0.15, 0.2) is 84.9 Å². The number of hydrogen-bond acceptors (Lipinski definition) is 1. The number of benzene rings is 3. The Labute approximate surface area is 168 Å². The summed E-state index contributed by atoms with van der Waals surface area (Å²) >= 11 is 0. The van der Waals surface area contributed by atoms with Crippen molar-refractivity contribution in [1.82, 2.24) is 4.90 Å². The number of urea groups is 1. The van der Waals surface area contributed by atoms with Gasteiger partial charge in [-0.2, -0.15) is 0 Å². The molecule has 0 atom stereocenters. The van der Waals surface area contributed by atoms with E-state index in [9.17, 15) is 4.79 Å². The van der Waals surface area contributed by atoms with Crippen molar-refractivity contribution >= 4 is 17.4 Å². The summed E-state index contributed by atoms with van der Waals surface area (Å²) in [4.78, 5) is 17.5. The van der Waals surface area contributed by atoms with Gasteiger partial charge in [-0.05, 0) is 43.2 Å². The number of amides is 2. The Morgan fingerprint density at radius 2 is 1.36 bits per heavy atom. The molecule has 2 amide bonds. The minimum Gasteiger partial charge on any atom is -0.320 e. The van der Waals surface area contributed by atoms with E-state index in [1.54, 1.807) is 0 Å². The van der Waals surface area contributed by atoms with Gasteiger partial charge in [0.2, 0.25) is 0 Å². The summed E-state index contributed by atoms with van der Waals surface area (Å²) in [6, 6.07) is 28.2. The lowest BCUT2D eigenvalue weighted by Crippen LogP contribution is -2.41. The molecule has 28 heavy (non-hydrogen) atoms. The number of aryl methyl sites for hydroxylation is 1. The average molecular weight is 373 g/mol. The molecule has 0 aromatic heterocycles. The molecule has 3 heteroatoms. The maximum atomic E-state index is 13.7. The van der Waals surface area contributed by atoms with Crippen molar-refractivity contribution in [2.24, 2.45) is 0 Å². The number of carbonyl (C=O) groups excluding carboxylic acids is 1. The molecule has 0 unspecified atom stereocenters. The van der Waals surface area contributed by atoms with Crippen LogP contribution in [-0.4, -0.2) is 17.5 Å². The zero-order chi connectivity index (χ0) is 19.8. The van der Waals surface area contributed by atoms with Crippen molar-refractivity contribution in [2.75, 3.05) is 11.4 Å². The Bertz CT molecular complexity index is 860. The molecule has 0 saturated heterocycles. The van der Waals surface area contributed by atoms with Gasteiger partial charge in [0.1, 0.15) is 0 Å². The van der Waals surface area contributed by atoms with E-state index in [2.05, 4.69) is 26.0 Å². The van der Waals surface area contributed by atoms with Crippen LogP contribution in [0, 0.1) is 6.92 Å². The quantitative estimate of drug-likeness (QED) is 0.461. The molecule has 3 rings (SSSR count). The van der Waals surface area contributed by atoms with Crippen LogP contribution in [0.4, 0.5) is 16.2 Å². The molecular formula is C25H28N2O. The summed E-state index contributed by atoms with van der Waals surface area (Å²) in [5.74, 6) is 0. The van der Waals surface area contributed by atoms with Crippen molar-refractivity contribution in [3.05, 3.63) is 96.1 Å². The van der Waals surface area contributed by atoms with E-state index in [0.717, 1.165) is 36.3 Å². The first-order chi connectivity index (χ1) is 13.7. The summed E-state index contributed by atoms with van der Waals surface area (Å²) in [5, 5.41) is 0. The molecule has 0 saturated carbocycles. The van der Waals surface area contributed by atoms with Gasteiger partial charge in [-0.15, -0.1) is 0 Å². The van der Waals surface area contributed by atoms with E-state index in [1.165, 1.54) is 5.56 Å². The topological polar surface area (TPSA) is 23.6 Å². The molecular weight excluding hydrogens is 344 g/mol. The number of carbonyl (C=O) groups is 1. The van der Waals surface area contributed by atoms with E-state index in [-0.39, 0.29) is 6.03 Å². The fraction of sp³-hybridized carbons (Fsp3) is 0.240. The predicted octanol–water partition coefficient (Wildman–Crippen LogP) is 6.56. The molecule has 0 aliphatic heterocycles. The van der Waals surface area contributed by atoms with Gasteiger partial charge in [-0.1, -0.05) is 79.6 Å². The van der Waals surface area contributed by atoms with Crippen LogP contribution >= 0.6 is 0 Å². The first-order valence-corrected chi connectivity index (χ1v) is 9.93. The maximum absolute atomic E-state index is 13.7. The Kier molecular flexibility index (Phi) is 6.85. The molecule has 0 aliphatic carbocycles. The number of anilines is 2. The van der Waals surface area contributed by atoms with E-state index < -0.39 is 0 Å². The zero-order valence-corrected chi connectivity index (χ0v) is 16.7. The van der Waals surface area contributed by atoms with Crippen molar-refractivity contribution in [2.45, 2.75) is 33.2 Å². The lowest BCUT2D eigenvalue weighted by atomic mass is 10.2. The third-order valence-electron chi connectivity index (χ3n) is 4.77. The smallest absolute Gasteiger partial charge is 0.320 e. The molecule has 3 nitrogen and oxygen atoms in total. The average Bonchev–Trinajstić information content (AvgIpc) is 2.74. The van der Waals surface area contributed by atoms with E-state index >= 15 is 0 Å². The number of nitrogens with zero attached hydrogens (tertiary/aromatic N) is 2. The lowest BCUT2D eigenvalue weighted by molar-refractivity contribution is 0.203. The van der Waals surface area contributed by atoms with Gasteiger partial charge in [0, 0.05) is 13.1 Å². The van der Waals surface area contributed by atoms with Crippen molar-refractivity contribution in [3.8, 4) is 0 Å². The molecule has 0 heterocycles. The van der Waals surface area contributed by atoms with Crippen molar-refractivity contribution < 1.29 is 4.79 Å². The van der Waals surface area contributed by atoms with E-state index in [4.69, 9.17) is 0 Å². The SMILES string of the molecule is CCCCN(Cc1ccccc1)C(=O)N(c1ccccc1)c1ccc(C)cc1. The Morgan fingerprint density at radius 3 is 1.96 bits per heavy atom. The monoisotopic (exact) mass is 372 g/mol.